The molecule has 4 aromatic rings. The number of hydrogen-bond acceptors (Lipinski definition) is 6. The maximum Gasteiger partial charge on any atom is 0.338 e. The predicted octanol–water partition coefficient (Wildman–Crippen LogP) is 4.86. The van der Waals surface area contributed by atoms with Gasteiger partial charge in [0.2, 0.25) is 0 Å². The monoisotopic (exact) mass is 439 g/mol. The summed E-state index contributed by atoms with van der Waals surface area (Å²) in [7, 11) is 2.84. The van der Waals surface area contributed by atoms with Crippen LogP contribution in [0.25, 0.3) is 22.4 Å². The third-order valence-corrected chi connectivity index (χ3v) is 5.00. The van der Waals surface area contributed by atoms with Crippen molar-refractivity contribution in [2.75, 3.05) is 19.5 Å². The lowest BCUT2D eigenvalue weighted by molar-refractivity contribution is 0.0600. The number of hydrogen-bond donors (Lipinski definition) is 1. The highest BCUT2D eigenvalue weighted by molar-refractivity contribution is 6.04. The standard InChI is InChI=1S/C26H21N3O4/c1-32-22-7-3-5-19(13-22)25(30)29-24-15-21(26(31)33-2)14-23(28-24)18-10-8-17(9-11-18)20-6-4-12-27-16-20/h3-16H,1-2H3,(H,28,29,30). The molecule has 0 unspecified atom stereocenters. The van der Waals surface area contributed by atoms with Gasteiger partial charge in [-0.1, -0.05) is 36.4 Å². The van der Waals surface area contributed by atoms with Crippen molar-refractivity contribution in [1.29, 1.82) is 0 Å². The molecule has 0 saturated heterocycles. The Hall–Kier alpha value is -4.52. The first-order valence-electron chi connectivity index (χ1n) is 10.1. The van der Waals surface area contributed by atoms with Crippen molar-refractivity contribution >= 4 is 17.7 Å². The van der Waals surface area contributed by atoms with E-state index in [0.29, 0.717) is 17.0 Å². The minimum atomic E-state index is -0.525. The van der Waals surface area contributed by atoms with E-state index in [1.807, 2.05) is 36.4 Å². The van der Waals surface area contributed by atoms with E-state index in [-0.39, 0.29) is 17.3 Å². The minimum Gasteiger partial charge on any atom is -0.497 e. The lowest BCUT2D eigenvalue weighted by Crippen LogP contribution is -2.14. The number of benzene rings is 2. The molecular weight excluding hydrogens is 418 g/mol. The van der Waals surface area contributed by atoms with E-state index < -0.39 is 5.97 Å². The number of anilines is 1. The maximum absolute atomic E-state index is 12.8. The molecule has 0 aliphatic rings. The highest BCUT2D eigenvalue weighted by atomic mass is 16.5. The molecule has 0 fully saturated rings. The van der Waals surface area contributed by atoms with Gasteiger partial charge in [0.15, 0.2) is 0 Å². The van der Waals surface area contributed by atoms with Gasteiger partial charge in [0, 0.05) is 23.5 Å². The molecule has 0 aliphatic carbocycles. The molecule has 1 amide bonds. The Balaban J connectivity index is 1.66. The maximum atomic E-state index is 12.8. The van der Waals surface area contributed by atoms with Crippen molar-refractivity contribution < 1.29 is 19.1 Å². The highest BCUT2D eigenvalue weighted by Crippen LogP contribution is 2.26. The van der Waals surface area contributed by atoms with Gasteiger partial charge in [0.25, 0.3) is 5.91 Å². The molecule has 33 heavy (non-hydrogen) atoms. The van der Waals surface area contributed by atoms with Gasteiger partial charge in [0.05, 0.1) is 25.5 Å². The molecule has 2 aromatic carbocycles. The summed E-state index contributed by atoms with van der Waals surface area (Å²) in [5, 5.41) is 2.75. The van der Waals surface area contributed by atoms with Gasteiger partial charge in [-0.25, -0.2) is 9.78 Å². The zero-order valence-corrected chi connectivity index (χ0v) is 18.1. The molecule has 7 heteroatoms. The second-order valence-electron chi connectivity index (χ2n) is 7.12. The normalized spacial score (nSPS) is 10.4. The zero-order valence-electron chi connectivity index (χ0n) is 18.1. The molecule has 1 N–H and O–H groups in total. The van der Waals surface area contributed by atoms with Crippen molar-refractivity contribution in [3.05, 3.63) is 96.3 Å². The number of nitrogens with one attached hydrogen (secondary N) is 1. The molecule has 0 atom stereocenters. The lowest BCUT2D eigenvalue weighted by Gasteiger charge is -2.11. The molecule has 0 spiro atoms. The molecule has 0 radical (unpaired) electrons. The van der Waals surface area contributed by atoms with Crippen LogP contribution in [0.4, 0.5) is 5.82 Å². The first-order chi connectivity index (χ1) is 16.1. The summed E-state index contributed by atoms with van der Waals surface area (Å²) >= 11 is 0. The number of esters is 1. The number of methoxy groups -OCH3 is 2. The first kappa shape index (κ1) is 21.7. The SMILES string of the molecule is COC(=O)c1cc(NC(=O)c2cccc(OC)c2)nc(-c2ccc(-c3cccnc3)cc2)c1. The van der Waals surface area contributed by atoms with Crippen molar-refractivity contribution in [2.24, 2.45) is 0 Å². The molecule has 4 rings (SSSR count). The Morgan fingerprint density at radius 1 is 0.818 bits per heavy atom. The number of aromatic nitrogens is 2. The highest BCUT2D eigenvalue weighted by Gasteiger charge is 2.14. The van der Waals surface area contributed by atoms with Crippen LogP contribution >= 0.6 is 0 Å². The first-order valence-corrected chi connectivity index (χ1v) is 10.1. The van der Waals surface area contributed by atoms with Crippen LogP contribution in [0.1, 0.15) is 20.7 Å². The van der Waals surface area contributed by atoms with Gasteiger partial charge in [0.1, 0.15) is 11.6 Å². The van der Waals surface area contributed by atoms with Gasteiger partial charge in [-0.2, -0.15) is 0 Å². The van der Waals surface area contributed by atoms with Crippen LogP contribution in [-0.4, -0.2) is 36.1 Å². The molecule has 164 valence electrons. The van der Waals surface area contributed by atoms with Crippen LogP contribution in [0, 0.1) is 0 Å². The summed E-state index contributed by atoms with van der Waals surface area (Å²) in [6.07, 6.45) is 3.51. The van der Waals surface area contributed by atoms with Crippen LogP contribution in [-0.2, 0) is 4.74 Å². The largest absolute Gasteiger partial charge is 0.497 e. The van der Waals surface area contributed by atoms with Crippen LogP contribution in [0.2, 0.25) is 0 Å². The van der Waals surface area contributed by atoms with E-state index in [2.05, 4.69) is 15.3 Å². The average Bonchev–Trinajstić information content (AvgIpc) is 2.88. The fraction of sp³-hybridized carbons (Fsp3) is 0.0769. The summed E-state index contributed by atoms with van der Waals surface area (Å²) in [6, 6.07) is 21.4. The second kappa shape index (κ2) is 9.74. The third-order valence-electron chi connectivity index (χ3n) is 5.00. The van der Waals surface area contributed by atoms with Crippen LogP contribution in [0.15, 0.2) is 85.2 Å². The number of nitrogens with zero attached hydrogens (tertiary/aromatic N) is 2. The number of amides is 1. The quantitative estimate of drug-likeness (QED) is 0.432. The minimum absolute atomic E-state index is 0.233. The smallest absolute Gasteiger partial charge is 0.338 e. The molecule has 7 nitrogen and oxygen atoms in total. The summed E-state index contributed by atoms with van der Waals surface area (Å²) in [5.41, 5.74) is 3.98. The van der Waals surface area contributed by atoms with Gasteiger partial charge in [-0.3, -0.25) is 9.78 Å². The topological polar surface area (TPSA) is 90.4 Å². The van der Waals surface area contributed by atoms with E-state index in [1.54, 1.807) is 42.7 Å². The Labute approximate surface area is 191 Å². The Morgan fingerprint density at radius 3 is 2.30 bits per heavy atom. The molecule has 0 aliphatic heterocycles. The Morgan fingerprint density at radius 2 is 1.61 bits per heavy atom. The van der Waals surface area contributed by atoms with E-state index in [1.165, 1.54) is 20.3 Å². The summed E-state index contributed by atoms with van der Waals surface area (Å²) in [5.74, 6) is -0.103. The molecule has 0 saturated carbocycles. The average molecular weight is 439 g/mol. The zero-order chi connectivity index (χ0) is 23.2. The lowest BCUT2D eigenvalue weighted by atomic mass is 10.0. The Bertz CT molecular complexity index is 1290. The van der Waals surface area contributed by atoms with E-state index >= 15 is 0 Å². The molecule has 2 aromatic heterocycles. The van der Waals surface area contributed by atoms with Crippen LogP contribution in [0.3, 0.4) is 0 Å². The molecule has 0 bridgehead atoms. The number of pyridine rings is 2. The number of rotatable bonds is 6. The van der Waals surface area contributed by atoms with Gasteiger partial charge >= 0.3 is 5.97 Å². The summed E-state index contributed by atoms with van der Waals surface area (Å²) < 4.78 is 10.1. The van der Waals surface area contributed by atoms with Crippen molar-refractivity contribution in [1.82, 2.24) is 9.97 Å². The number of carbonyl (C=O) groups is 2. The number of carbonyl (C=O) groups excluding carboxylic acids is 2. The van der Waals surface area contributed by atoms with Crippen LogP contribution < -0.4 is 10.1 Å². The van der Waals surface area contributed by atoms with E-state index in [4.69, 9.17) is 9.47 Å². The fourth-order valence-corrected chi connectivity index (χ4v) is 3.30. The Kier molecular flexibility index (Phi) is 6.40. The van der Waals surface area contributed by atoms with Crippen molar-refractivity contribution in [3.63, 3.8) is 0 Å². The third kappa shape index (κ3) is 5.04. The second-order valence-corrected chi connectivity index (χ2v) is 7.12. The van der Waals surface area contributed by atoms with Crippen molar-refractivity contribution in [2.45, 2.75) is 0 Å². The predicted molar refractivity (Wildman–Crippen MR) is 125 cm³/mol. The summed E-state index contributed by atoms with van der Waals surface area (Å²) in [4.78, 5) is 33.7. The van der Waals surface area contributed by atoms with Gasteiger partial charge in [-0.05, 0) is 47.5 Å². The van der Waals surface area contributed by atoms with E-state index in [0.717, 1.165) is 16.7 Å². The number of ether oxygens (including phenoxy) is 2. The van der Waals surface area contributed by atoms with Crippen LogP contribution in [0.5, 0.6) is 5.75 Å². The van der Waals surface area contributed by atoms with Gasteiger partial charge in [-0.15, -0.1) is 0 Å². The molecular formula is C26H21N3O4. The molecule has 2 heterocycles. The van der Waals surface area contributed by atoms with Crippen molar-refractivity contribution in [3.8, 4) is 28.1 Å². The van der Waals surface area contributed by atoms with Gasteiger partial charge < -0.3 is 14.8 Å². The van der Waals surface area contributed by atoms with E-state index in [9.17, 15) is 9.59 Å². The summed E-state index contributed by atoms with van der Waals surface area (Å²) in [6.45, 7) is 0. The fourth-order valence-electron chi connectivity index (χ4n) is 3.30.